The van der Waals surface area contributed by atoms with Crippen molar-refractivity contribution in [2.75, 3.05) is 0 Å². The highest BCUT2D eigenvalue weighted by Crippen LogP contribution is 2.20. The summed E-state index contributed by atoms with van der Waals surface area (Å²) in [5.74, 6) is 0.947. The van der Waals surface area contributed by atoms with Gasteiger partial charge in [0.1, 0.15) is 6.54 Å². The monoisotopic (exact) mass is 346 g/mol. The normalized spacial score (nSPS) is 12.4. The molecule has 1 heteroatoms. The number of unbranched alkanes of at least 4 members (excludes halogenated alkanes) is 10. The van der Waals surface area contributed by atoms with Crippen molar-refractivity contribution in [3.8, 4) is 0 Å². The first-order valence-corrected chi connectivity index (χ1v) is 11.3. The van der Waals surface area contributed by atoms with Crippen molar-refractivity contribution in [2.45, 2.75) is 117 Å². The van der Waals surface area contributed by atoms with Crippen LogP contribution in [-0.4, -0.2) is 0 Å². The molecule has 1 unspecified atom stereocenters. The van der Waals surface area contributed by atoms with E-state index in [1.165, 1.54) is 103 Å². The highest BCUT2D eigenvalue weighted by atomic mass is 14.9. The van der Waals surface area contributed by atoms with Crippen LogP contribution in [-0.2, 0) is 6.54 Å². The summed E-state index contributed by atoms with van der Waals surface area (Å²) in [5.41, 5.74) is 0. The molecule has 0 radical (unpaired) electrons. The minimum absolute atomic E-state index is 0.947. The zero-order chi connectivity index (χ0) is 18.0. The van der Waals surface area contributed by atoms with Gasteiger partial charge in [0.15, 0.2) is 12.4 Å². The van der Waals surface area contributed by atoms with Gasteiger partial charge in [0.2, 0.25) is 0 Å². The maximum atomic E-state index is 2.37. The third-order valence-electron chi connectivity index (χ3n) is 5.60. The molecule has 1 heterocycles. The van der Waals surface area contributed by atoms with Gasteiger partial charge in [-0.2, -0.15) is 0 Å². The third-order valence-corrected chi connectivity index (χ3v) is 5.60. The molecule has 1 atom stereocenters. The molecule has 25 heavy (non-hydrogen) atoms. The van der Waals surface area contributed by atoms with Crippen molar-refractivity contribution in [3.05, 3.63) is 30.6 Å². The average molecular weight is 347 g/mol. The van der Waals surface area contributed by atoms with Gasteiger partial charge in [-0.05, 0) is 12.3 Å². The van der Waals surface area contributed by atoms with Gasteiger partial charge in [-0.15, -0.1) is 0 Å². The van der Waals surface area contributed by atoms with E-state index >= 15 is 0 Å². The van der Waals surface area contributed by atoms with Gasteiger partial charge in [-0.3, -0.25) is 0 Å². The fraction of sp³-hybridized carbons (Fsp3) is 0.792. The maximum Gasteiger partial charge on any atom is 0.168 e. The Morgan fingerprint density at radius 2 is 1.12 bits per heavy atom. The minimum Gasteiger partial charge on any atom is -0.205 e. The fourth-order valence-electron chi connectivity index (χ4n) is 3.80. The van der Waals surface area contributed by atoms with E-state index in [1.807, 2.05) is 0 Å². The third kappa shape index (κ3) is 13.1. The number of aromatic nitrogens is 1. The van der Waals surface area contributed by atoms with E-state index in [2.05, 4.69) is 49.0 Å². The molecule has 0 aliphatic heterocycles. The summed E-state index contributed by atoms with van der Waals surface area (Å²) in [6, 6.07) is 6.35. The number of rotatable bonds is 17. The fourth-order valence-corrected chi connectivity index (χ4v) is 3.80. The zero-order valence-electron chi connectivity index (χ0n) is 17.2. The number of hydrogen-bond donors (Lipinski definition) is 0. The molecule has 0 saturated heterocycles. The summed E-state index contributed by atoms with van der Waals surface area (Å²) in [4.78, 5) is 0. The molecule has 0 aromatic carbocycles. The van der Waals surface area contributed by atoms with E-state index in [9.17, 15) is 0 Å². The van der Waals surface area contributed by atoms with E-state index in [4.69, 9.17) is 0 Å². The van der Waals surface area contributed by atoms with Crippen LogP contribution in [0.25, 0.3) is 0 Å². The summed E-state index contributed by atoms with van der Waals surface area (Å²) in [5, 5.41) is 0. The highest BCUT2D eigenvalue weighted by molar-refractivity contribution is 4.83. The molecule has 0 saturated carbocycles. The zero-order valence-corrected chi connectivity index (χ0v) is 17.2. The molecule has 0 bridgehead atoms. The van der Waals surface area contributed by atoms with Crippen molar-refractivity contribution in [1.29, 1.82) is 0 Å². The first-order chi connectivity index (χ1) is 12.4. The number of pyridine rings is 1. The average Bonchev–Trinajstić information content (AvgIpc) is 2.65. The van der Waals surface area contributed by atoms with Crippen LogP contribution in [0.1, 0.15) is 110 Å². The van der Waals surface area contributed by atoms with Gasteiger partial charge >= 0.3 is 0 Å². The second-order valence-corrected chi connectivity index (χ2v) is 7.85. The van der Waals surface area contributed by atoms with Crippen LogP contribution < -0.4 is 4.57 Å². The molecule has 0 fully saturated rings. The standard InChI is InChI=1S/C24H44N/c1-3-5-6-7-8-9-10-11-12-13-15-19-24(4-2)20-18-23-25-21-16-14-17-22-25/h14,16-17,21-22,24H,3-13,15,18-20,23H2,1-2H3/q+1. The molecule has 1 rings (SSSR count). The molecular weight excluding hydrogens is 302 g/mol. The van der Waals surface area contributed by atoms with Crippen molar-refractivity contribution in [2.24, 2.45) is 5.92 Å². The van der Waals surface area contributed by atoms with Gasteiger partial charge in [0, 0.05) is 18.6 Å². The van der Waals surface area contributed by atoms with Crippen molar-refractivity contribution in [3.63, 3.8) is 0 Å². The van der Waals surface area contributed by atoms with Crippen LogP contribution in [0.4, 0.5) is 0 Å². The first kappa shape index (κ1) is 22.2. The van der Waals surface area contributed by atoms with E-state index in [1.54, 1.807) is 0 Å². The van der Waals surface area contributed by atoms with Crippen LogP contribution in [0.5, 0.6) is 0 Å². The van der Waals surface area contributed by atoms with Gasteiger partial charge in [-0.1, -0.05) is 103 Å². The maximum absolute atomic E-state index is 2.37. The smallest absolute Gasteiger partial charge is 0.168 e. The summed E-state index contributed by atoms with van der Waals surface area (Å²) in [6.45, 7) is 5.85. The van der Waals surface area contributed by atoms with E-state index in [0.29, 0.717) is 0 Å². The Kier molecular flexibility index (Phi) is 14.7. The van der Waals surface area contributed by atoms with E-state index in [0.717, 1.165) is 5.92 Å². The van der Waals surface area contributed by atoms with Gasteiger partial charge in [-0.25, -0.2) is 4.57 Å². The van der Waals surface area contributed by atoms with E-state index in [-0.39, 0.29) is 0 Å². The largest absolute Gasteiger partial charge is 0.205 e. The quantitative estimate of drug-likeness (QED) is 0.203. The van der Waals surface area contributed by atoms with Crippen molar-refractivity contribution < 1.29 is 4.57 Å². The molecule has 1 aromatic rings. The Balaban J connectivity index is 1.90. The van der Waals surface area contributed by atoms with E-state index < -0.39 is 0 Å². The van der Waals surface area contributed by atoms with Crippen LogP contribution in [0.3, 0.4) is 0 Å². The van der Waals surface area contributed by atoms with Crippen LogP contribution in [0, 0.1) is 5.92 Å². The Morgan fingerprint density at radius 1 is 0.600 bits per heavy atom. The molecule has 1 nitrogen and oxygen atoms in total. The lowest BCUT2D eigenvalue weighted by molar-refractivity contribution is -0.697. The lowest BCUT2D eigenvalue weighted by atomic mass is 9.93. The first-order valence-electron chi connectivity index (χ1n) is 11.3. The van der Waals surface area contributed by atoms with Crippen molar-refractivity contribution >= 4 is 0 Å². The molecule has 0 N–H and O–H groups in total. The predicted molar refractivity (Wildman–Crippen MR) is 111 cm³/mol. The van der Waals surface area contributed by atoms with Crippen LogP contribution in [0.15, 0.2) is 30.6 Å². The molecule has 0 aliphatic rings. The lowest BCUT2D eigenvalue weighted by Gasteiger charge is -2.13. The lowest BCUT2D eigenvalue weighted by Crippen LogP contribution is -2.32. The topological polar surface area (TPSA) is 3.88 Å². The molecule has 0 spiro atoms. The molecular formula is C24H44N+. The number of nitrogens with zero attached hydrogens (tertiary/aromatic N) is 1. The van der Waals surface area contributed by atoms with Crippen LogP contribution >= 0.6 is 0 Å². The molecule has 144 valence electrons. The summed E-state index contributed by atoms with van der Waals surface area (Å²) >= 11 is 0. The predicted octanol–water partition coefficient (Wildman–Crippen LogP) is 7.48. The van der Waals surface area contributed by atoms with Crippen LogP contribution in [0.2, 0.25) is 0 Å². The Hall–Kier alpha value is -0.850. The summed E-state index contributed by atoms with van der Waals surface area (Å²) < 4.78 is 2.31. The summed E-state index contributed by atoms with van der Waals surface area (Å²) in [6.07, 6.45) is 25.9. The highest BCUT2D eigenvalue weighted by Gasteiger charge is 2.07. The second-order valence-electron chi connectivity index (χ2n) is 7.85. The minimum atomic E-state index is 0.947. The Labute approximate surface area is 158 Å². The molecule has 0 aliphatic carbocycles. The Bertz CT molecular complexity index is 373. The number of aryl methyl sites for hydroxylation is 1. The number of hydrogen-bond acceptors (Lipinski definition) is 0. The second kappa shape index (κ2) is 16.6. The van der Waals surface area contributed by atoms with Gasteiger partial charge < -0.3 is 0 Å². The SMILES string of the molecule is CCCCCCCCCCCCCC(CC)CCC[n+]1ccccc1. The van der Waals surface area contributed by atoms with Gasteiger partial charge in [0.05, 0.1) is 0 Å². The summed E-state index contributed by atoms with van der Waals surface area (Å²) in [7, 11) is 0. The Morgan fingerprint density at radius 3 is 1.68 bits per heavy atom. The molecule has 1 aromatic heterocycles. The van der Waals surface area contributed by atoms with Gasteiger partial charge in [0.25, 0.3) is 0 Å². The van der Waals surface area contributed by atoms with Crippen molar-refractivity contribution in [1.82, 2.24) is 0 Å². The molecule has 0 amide bonds.